The van der Waals surface area contributed by atoms with Crippen LogP contribution in [0.4, 0.5) is 0 Å². The van der Waals surface area contributed by atoms with Crippen LogP contribution in [0, 0.1) is 5.92 Å². The van der Waals surface area contributed by atoms with E-state index >= 15 is 0 Å². The molecule has 1 N–H and O–H groups in total. The fourth-order valence-corrected chi connectivity index (χ4v) is 2.45. The van der Waals surface area contributed by atoms with Gasteiger partial charge < -0.3 is 5.32 Å². The van der Waals surface area contributed by atoms with Crippen LogP contribution >= 0.6 is 23.4 Å². The fraction of sp³-hybridized carbons (Fsp3) is 1.00. The second-order valence-electron chi connectivity index (χ2n) is 3.64. The predicted octanol–water partition coefficient (Wildman–Crippen LogP) is 3.37. The minimum Gasteiger partial charge on any atom is -0.315 e. The Bertz CT molecular complexity index is 118. The molecule has 0 bridgehead atoms. The van der Waals surface area contributed by atoms with Gasteiger partial charge in [-0.15, -0.1) is 11.6 Å². The number of rotatable bonds is 9. The first-order valence-electron chi connectivity index (χ1n) is 5.59. The third-order valence-electron chi connectivity index (χ3n) is 2.60. The lowest BCUT2D eigenvalue weighted by Gasteiger charge is -2.19. The van der Waals surface area contributed by atoms with Gasteiger partial charge in [0.2, 0.25) is 0 Å². The number of hydrogen-bond acceptors (Lipinski definition) is 2. The SMILES string of the molecule is CCC(CC)C(Cl)CNCCCSC. The average molecular weight is 238 g/mol. The number of thioether (sulfide) groups is 1. The van der Waals surface area contributed by atoms with Crippen LogP contribution in [0.3, 0.4) is 0 Å². The molecule has 1 atom stereocenters. The average Bonchev–Trinajstić information content (AvgIpc) is 2.19. The zero-order valence-corrected chi connectivity index (χ0v) is 11.3. The molecule has 0 fully saturated rings. The van der Waals surface area contributed by atoms with Crippen molar-refractivity contribution >= 4 is 23.4 Å². The molecule has 0 aliphatic carbocycles. The first kappa shape index (κ1) is 14.6. The van der Waals surface area contributed by atoms with Gasteiger partial charge in [0, 0.05) is 11.9 Å². The summed E-state index contributed by atoms with van der Waals surface area (Å²) in [5.74, 6) is 1.91. The molecule has 0 aromatic carbocycles. The minimum absolute atomic E-state index is 0.305. The summed E-state index contributed by atoms with van der Waals surface area (Å²) < 4.78 is 0. The van der Waals surface area contributed by atoms with E-state index in [0.29, 0.717) is 11.3 Å². The third-order valence-corrected chi connectivity index (χ3v) is 3.81. The Labute approximate surface area is 98.4 Å². The van der Waals surface area contributed by atoms with Crippen LogP contribution < -0.4 is 5.32 Å². The Kier molecular flexibility index (Phi) is 10.6. The van der Waals surface area contributed by atoms with Crippen molar-refractivity contribution in [2.75, 3.05) is 25.1 Å². The van der Waals surface area contributed by atoms with Gasteiger partial charge in [0.15, 0.2) is 0 Å². The number of nitrogens with one attached hydrogen (secondary N) is 1. The first-order chi connectivity index (χ1) is 6.76. The van der Waals surface area contributed by atoms with E-state index in [1.807, 2.05) is 11.8 Å². The van der Waals surface area contributed by atoms with E-state index < -0.39 is 0 Å². The van der Waals surface area contributed by atoms with Crippen LogP contribution in [0.5, 0.6) is 0 Å². The summed E-state index contributed by atoms with van der Waals surface area (Å²) in [7, 11) is 0. The smallest absolute Gasteiger partial charge is 0.0488 e. The van der Waals surface area contributed by atoms with Crippen molar-refractivity contribution in [2.24, 2.45) is 5.92 Å². The largest absolute Gasteiger partial charge is 0.315 e. The highest BCUT2D eigenvalue weighted by Gasteiger charge is 2.14. The summed E-state index contributed by atoms with van der Waals surface area (Å²) in [5, 5.41) is 3.73. The summed E-state index contributed by atoms with van der Waals surface area (Å²) in [6, 6.07) is 0. The van der Waals surface area contributed by atoms with Crippen LogP contribution in [0.25, 0.3) is 0 Å². The summed E-state index contributed by atoms with van der Waals surface area (Å²) in [5.41, 5.74) is 0. The molecule has 0 radical (unpaired) electrons. The minimum atomic E-state index is 0.305. The maximum absolute atomic E-state index is 6.29. The molecule has 0 spiro atoms. The summed E-state index contributed by atoms with van der Waals surface area (Å²) >= 11 is 8.19. The lowest BCUT2D eigenvalue weighted by Crippen LogP contribution is -2.29. The zero-order valence-electron chi connectivity index (χ0n) is 9.68. The van der Waals surface area contributed by atoms with Crippen LogP contribution in [-0.2, 0) is 0 Å². The molecule has 14 heavy (non-hydrogen) atoms. The van der Waals surface area contributed by atoms with E-state index in [4.69, 9.17) is 11.6 Å². The van der Waals surface area contributed by atoms with Gasteiger partial charge in [-0.1, -0.05) is 26.7 Å². The van der Waals surface area contributed by atoms with E-state index in [-0.39, 0.29) is 0 Å². The van der Waals surface area contributed by atoms with Gasteiger partial charge in [0.05, 0.1) is 0 Å². The van der Waals surface area contributed by atoms with Crippen LogP contribution in [-0.4, -0.2) is 30.5 Å². The highest BCUT2D eigenvalue weighted by Crippen LogP contribution is 2.17. The predicted molar refractivity (Wildman–Crippen MR) is 69.6 cm³/mol. The third kappa shape index (κ3) is 6.97. The molecule has 0 aliphatic rings. The normalized spacial score (nSPS) is 13.5. The topological polar surface area (TPSA) is 12.0 Å². The van der Waals surface area contributed by atoms with Crippen molar-refractivity contribution in [3.63, 3.8) is 0 Å². The highest BCUT2D eigenvalue weighted by molar-refractivity contribution is 7.98. The summed E-state index contributed by atoms with van der Waals surface area (Å²) in [4.78, 5) is 0. The van der Waals surface area contributed by atoms with Crippen LogP contribution in [0.1, 0.15) is 33.1 Å². The van der Waals surface area contributed by atoms with Gasteiger partial charge >= 0.3 is 0 Å². The Morgan fingerprint density at radius 1 is 1.29 bits per heavy atom. The zero-order chi connectivity index (χ0) is 10.8. The standard InChI is InChI=1S/C11H24ClNS/c1-4-10(5-2)11(12)9-13-7-6-8-14-3/h10-11,13H,4-9H2,1-3H3. The molecule has 1 unspecified atom stereocenters. The second-order valence-corrected chi connectivity index (χ2v) is 5.19. The van der Waals surface area contributed by atoms with E-state index in [1.54, 1.807) is 0 Å². The van der Waals surface area contributed by atoms with Crippen molar-refractivity contribution in [1.82, 2.24) is 5.32 Å². The lowest BCUT2D eigenvalue weighted by molar-refractivity contribution is 0.447. The van der Waals surface area contributed by atoms with Crippen molar-refractivity contribution < 1.29 is 0 Å². The molecule has 0 saturated carbocycles. The van der Waals surface area contributed by atoms with Crippen molar-refractivity contribution in [3.05, 3.63) is 0 Å². The maximum Gasteiger partial charge on any atom is 0.0488 e. The molecule has 3 heteroatoms. The molecule has 0 aliphatic heterocycles. The fourth-order valence-electron chi connectivity index (χ4n) is 1.55. The lowest BCUT2D eigenvalue weighted by atomic mass is 9.99. The molecule has 0 saturated heterocycles. The van der Waals surface area contributed by atoms with Crippen LogP contribution in [0.15, 0.2) is 0 Å². The van der Waals surface area contributed by atoms with E-state index in [2.05, 4.69) is 25.4 Å². The number of hydrogen-bond donors (Lipinski definition) is 1. The Hall–Kier alpha value is 0.600. The Balaban J connectivity index is 3.37. The number of halogens is 1. The molecule has 0 aromatic heterocycles. The van der Waals surface area contributed by atoms with Crippen LogP contribution in [0.2, 0.25) is 0 Å². The molecule has 86 valence electrons. The van der Waals surface area contributed by atoms with E-state index in [9.17, 15) is 0 Å². The van der Waals surface area contributed by atoms with Crippen molar-refractivity contribution in [1.29, 1.82) is 0 Å². The van der Waals surface area contributed by atoms with E-state index in [0.717, 1.165) is 13.1 Å². The highest BCUT2D eigenvalue weighted by atomic mass is 35.5. The number of alkyl halides is 1. The molecule has 0 amide bonds. The van der Waals surface area contributed by atoms with Gasteiger partial charge in [-0.3, -0.25) is 0 Å². The van der Waals surface area contributed by atoms with Crippen molar-refractivity contribution in [3.8, 4) is 0 Å². The quantitative estimate of drug-likeness (QED) is 0.488. The van der Waals surface area contributed by atoms with Gasteiger partial charge in [-0.2, -0.15) is 11.8 Å². The molecule has 0 heterocycles. The summed E-state index contributed by atoms with van der Waals surface area (Å²) in [6.45, 7) is 6.50. The molecular weight excluding hydrogens is 214 g/mol. The van der Waals surface area contributed by atoms with Gasteiger partial charge in [0.25, 0.3) is 0 Å². The molecule has 1 nitrogen and oxygen atoms in total. The van der Waals surface area contributed by atoms with Gasteiger partial charge in [-0.05, 0) is 30.9 Å². The Morgan fingerprint density at radius 3 is 2.43 bits per heavy atom. The van der Waals surface area contributed by atoms with E-state index in [1.165, 1.54) is 25.0 Å². The Morgan fingerprint density at radius 2 is 1.93 bits per heavy atom. The van der Waals surface area contributed by atoms with Gasteiger partial charge in [-0.25, -0.2) is 0 Å². The first-order valence-corrected chi connectivity index (χ1v) is 7.42. The second kappa shape index (κ2) is 10.1. The van der Waals surface area contributed by atoms with Crippen molar-refractivity contribution in [2.45, 2.75) is 38.5 Å². The molecule has 0 aromatic rings. The van der Waals surface area contributed by atoms with Gasteiger partial charge in [0.1, 0.15) is 0 Å². The summed E-state index contributed by atoms with van der Waals surface area (Å²) in [6.07, 6.45) is 5.77. The monoisotopic (exact) mass is 237 g/mol. The molecular formula is C11H24ClNS. The molecule has 0 rings (SSSR count). The maximum atomic E-state index is 6.29.